The number of allylic oxidation sites excluding steroid dienone is 1. The van der Waals surface area contributed by atoms with Crippen LogP contribution in [0.4, 0.5) is 0 Å². The molecule has 0 aromatic heterocycles. The SMILES string of the molecule is C=C1CCC(N2Cc3cc(O[C@@H]4CCC[C@H]4N4CCC(C)CC4)ccc3C2=O)C(=O)N1. The maximum atomic E-state index is 12.9. The molecule has 5 rings (SSSR count). The monoisotopic (exact) mass is 423 g/mol. The molecule has 2 amide bonds. The Morgan fingerprint density at radius 1 is 1.10 bits per heavy atom. The minimum absolute atomic E-state index is 0.0598. The first-order valence-electron chi connectivity index (χ1n) is 11.8. The van der Waals surface area contributed by atoms with Crippen molar-refractivity contribution in [2.24, 2.45) is 5.92 Å². The van der Waals surface area contributed by atoms with Crippen LogP contribution in [0, 0.1) is 5.92 Å². The molecule has 1 N–H and O–H groups in total. The maximum Gasteiger partial charge on any atom is 0.255 e. The van der Waals surface area contributed by atoms with E-state index in [-0.39, 0.29) is 17.9 Å². The number of ether oxygens (including phenoxy) is 1. The Morgan fingerprint density at radius 2 is 1.90 bits per heavy atom. The highest BCUT2D eigenvalue weighted by Gasteiger charge is 2.39. The lowest BCUT2D eigenvalue weighted by Crippen LogP contribution is -2.49. The largest absolute Gasteiger partial charge is 0.489 e. The van der Waals surface area contributed by atoms with Crippen LogP contribution in [0.2, 0.25) is 0 Å². The van der Waals surface area contributed by atoms with Gasteiger partial charge in [0.05, 0.1) is 0 Å². The summed E-state index contributed by atoms with van der Waals surface area (Å²) in [6.07, 6.45) is 7.62. The number of benzene rings is 1. The molecule has 0 spiro atoms. The van der Waals surface area contributed by atoms with Gasteiger partial charge in [0.1, 0.15) is 17.9 Å². The van der Waals surface area contributed by atoms with E-state index in [1.807, 2.05) is 18.2 Å². The number of nitrogens with zero attached hydrogens (tertiary/aromatic N) is 2. The molecule has 3 fully saturated rings. The fourth-order valence-corrected chi connectivity index (χ4v) is 5.70. The lowest BCUT2D eigenvalue weighted by atomic mass is 9.97. The first-order chi connectivity index (χ1) is 15.0. The molecule has 0 bridgehead atoms. The number of rotatable bonds is 4. The van der Waals surface area contributed by atoms with Crippen LogP contribution >= 0.6 is 0 Å². The van der Waals surface area contributed by atoms with Gasteiger partial charge in [-0.05, 0) is 87.7 Å². The normalized spacial score (nSPS) is 29.9. The zero-order valence-corrected chi connectivity index (χ0v) is 18.4. The van der Waals surface area contributed by atoms with Gasteiger partial charge < -0.3 is 15.0 Å². The van der Waals surface area contributed by atoms with Crippen molar-refractivity contribution in [1.29, 1.82) is 0 Å². The first kappa shape index (κ1) is 20.6. The Hall–Kier alpha value is -2.34. The molecule has 0 radical (unpaired) electrons. The molecule has 31 heavy (non-hydrogen) atoms. The third-order valence-electron chi connectivity index (χ3n) is 7.60. The number of piperidine rings is 2. The van der Waals surface area contributed by atoms with E-state index in [2.05, 4.69) is 23.7 Å². The summed E-state index contributed by atoms with van der Waals surface area (Å²) in [7, 11) is 0. The number of hydrogen-bond acceptors (Lipinski definition) is 4. The Morgan fingerprint density at radius 3 is 2.68 bits per heavy atom. The van der Waals surface area contributed by atoms with E-state index in [4.69, 9.17) is 4.74 Å². The second-order valence-electron chi connectivity index (χ2n) is 9.77. The summed E-state index contributed by atoms with van der Waals surface area (Å²) >= 11 is 0. The van der Waals surface area contributed by atoms with Gasteiger partial charge in [0, 0.05) is 23.8 Å². The summed E-state index contributed by atoms with van der Waals surface area (Å²) < 4.78 is 6.48. The second-order valence-corrected chi connectivity index (χ2v) is 9.77. The van der Waals surface area contributed by atoms with Crippen LogP contribution in [0.3, 0.4) is 0 Å². The molecule has 6 heteroatoms. The molecule has 3 aliphatic heterocycles. The van der Waals surface area contributed by atoms with E-state index in [1.54, 1.807) is 4.90 Å². The summed E-state index contributed by atoms with van der Waals surface area (Å²) in [5.41, 5.74) is 2.38. The van der Waals surface area contributed by atoms with Crippen LogP contribution in [-0.4, -0.2) is 52.9 Å². The van der Waals surface area contributed by atoms with E-state index >= 15 is 0 Å². The second kappa shape index (κ2) is 8.30. The van der Waals surface area contributed by atoms with E-state index in [1.165, 1.54) is 38.8 Å². The van der Waals surface area contributed by atoms with Crippen molar-refractivity contribution in [2.45, 2.75) is 76.6 Å². The van der Waals surface area contributed by atoms with Crippen molar-refractivity contribution in [3.8, 4) is 5.75 Å². The van der Waals surface area contributed by atoms with Crippen LogP contribution in [0.15, 0.2) is 30.5 Å². The quantitative estimate of drug-likeness (QED) is 0.806. The Kier molecular flexibility index (Phi) is 5.51. The van der Waals surface area contributed by atoms with Gasteiger partial charge in [-0.25, -0.2) is 0 Å². The van der Waals surface area contributed by atoms with Crippen molar-refractivity contribution < 1.29 is 14.3 Å². The van der Waals surface area contributed by atoms with Crippen molar-refractivity contribution in [3.63, 3.8) is 0 Å². The van der Waals surface area contributed by atoms with Gasteiger partial charge in [-0.2, -0.15) is 0 Å². The molecule has 1 aromatic carbocycles. The van der Waals surface area contributed by atoms with Crippen LogP contribution in [0.1, 0.15) is 67.8 Å². The molecule has 4 aliphatic rings. The van der Waals surface area contributed by atoms with Crippen LogP contribution in [0.25, 0.3) is 0 Å². The lowest BCUT2D eigenvalue weighted by Gasteiger charge is -2.37. The van der Waals surface area contributed by atoms with Crippen LogP contribution in [-0.2, 0) is 11.3 Å². The predicted octanol–water partition coefficient (Wildman–Crippen LogP) is 3.47. The molecular weight excluding hydrogens is 390 g/mol. The minimum atomic E-state index is -0.421. The van der Waals surface area contributed by atoms with Crippen molar-refractivity contribution in [1.82, 2.24) is 15.1 Å². The number of nitrogens with one attached hydrogen (secondary N) is 1. The number of carbonyl (C=O) groups is 2. The molecule has 1 saturated carbocycles. The third kappa shape index (κ3) is 3.98. The number of likely N-dealkylation sites (tertiary alicyclic amines) is 1. The Labute approximate surface area is 184 Å². The molecule has 1 unspecified atom stereocenters. The Bertz CT molecular complexity index is 890. The molecule has 1 aromatic rings. The standard InChI is InChI=1S/C25H33N3O3/c1-16-10-12-27(13-11-16)21-4-3-5-23(21)31-19-7-8-20-18(14-19)15-28(25(20)30)22-9-6-17(2)26-24(22)29/h7-8,14,16,21-23H,2-6,9-13,15H2,1H3,(H,26,29)/t21-,22?,23-/m1/s1. The van der Waals surface area contributed by atoms with Crippen LogP contribution in [0.5, 0.6) is 5.75 Å². The number of fused-ring (bicyclic) bond motifs is 1. The van der Waals surface area contributed by atoms with Gasteiger partial charge in [-0.1, -0.05) is 13.5 Å². The molecule has 6 nitrogen and oxygen atoms in total. The highest BCUT2D eigenvalue weighted by Crippen LogP contribution is 2.34. The summed E-state index contributed by atoms with van der Waals surface area (Å²) in [6, 6.07) is 5.89. The molecule has 3 heterocycles. The van der Waals surface area contributed by atoms with E-state index in [0.29, 0.717) is 31.0 Å². The molecular formula is C25H33N3O3. The number of carbonyl (C=O) groups excluding carboxylic acids is 2. The number of hydrogen-bond donors (Lipinski definition) is 1. The highest BCUT2D eigenvalue weighted by molar-refractivity contribution is 6.01. The van der Waals surface area contributed by atoms with Crippen molar-refractivity contribution in [3.05, 3.63) is 41.6 Å². The van der Waals surface area contributed by atoms with E-state index in [9.17, 15) is 9.59 Å². The summed E-state index contributed by atoms with van der Waals surface area (Å²) in [4.78, 5) is 29.7. The third-order valence-corrected chi connectivity index (χ3v) is 7.60. The van der Waals surface area contributed by atoms with Crippen LogP contribution < -0.4 is 10.1 Å². The van der Waals surface area contributed by atoms with E-state index < -0.39 is 6.04 Å². The Balaban J connectivity index is 1.27. The average Bonchev–Trinajstić information content (AvgIpc) is 3.33. The maximum absolute atomic E-state index is 12.9. The average molecular weight is 424 g/mol. The molecule has 1 aliphatic carbocycles. The molecule has 3 atom stereocenters. The molecule has 2 saturated heterocycles. The smallest absolute Gasteiger partial charge is 0.255 e. The summed E-state index contributed by atoms with van der Waals surface area (Å²) in [5, 5.41) is 2.80. The topological polar surface area (TPSA) is 61.9 Å². The predicted molar refractivity (Wildman–Crippen MR) is 119 cm³/mol. The highest BCUT2D eigenvalue weighted by atomic mass is 16.5. The molecule has 166 valence electrons. The summed E-state index contributed by atoms with van der Waals surface area (Å²) in [6.45, 7) is 9.00. The van der Waals surface area contributed by atoms with Gasteiger partial charge in [0.2, 0.25) is 5.91 Å². The van der Waals surface area contributed by atoms with Crippen molar-refractivity contribution >= 4 is 11.8 Å². The lowest BCUT2D eigenvalue weighted by molar-refractivity contribution is -0.126. The first-order valence-corrected chi connectivity index (χ1v) is 11.8. The fourth-order valence-electron chi connectivity index (χ4n) is 5.70. The minimum Gasteiger partial charge on any atom is -0.489 e. The van der Waals surface area contributed by atoms with Gasteiger partial charge in [0.15, 0.2) is 0 Å². The van der Waals surface area contributed by atoms with Gasteiger partial charge in [0.25, 0.3) is 5.91 Å². The van der Waals surface area contributed by atoms with E-state index in [0.717, 1.165) is 29.3 Å². The fraction of sp³-hybridized carbons (Fsp3) is 0.600. The van der Waals surface area contributed by atoms with Gasteiger partial charge in [-0.3, -0.25) is 14.5 Å². The zero-order valence-electron chi connectivity index (χ0n) is 18.4. The van der Waals surface area contributed by atoms with Gasteiger partial charge in [-0.15, -0.1) is 0 Å². The van der Waals surface area contributed by atoms with Crippen molar-refractivity contribution in [2.75, 3.05) is 13.1 Å². The zero-order chi connectivity index (χ0) is 21.5. The van der Waals surface area contributed by atoms with Gasteiger partial charge >= 0.3 is 0 Å². The summed E-state index contributed by atoms with van der Waals surface area (Å²) in [5.74, 6) is 1.49. The number of amides is 2.